The van der Waals surface area contributed by atoms with E-state index in [4.69, 9.17) is 4.74 Å². The monoisotopic (exact) mass is 472 g/mol. The second-order valence-corrected chi connectivity index (χ2v) is 9.38. The normalized spacial score (nSPS) is 17.1. The number of ether oxygens (including phenoxy) is 1. The lowest BCUT2D eigenvalue weighted by Crippen LogP contribution is -2.49. The number of sulfone groups is 1. The van der Waals surface area contributed by atoms with Crippen LogP contribution in [-0.2, 0) is 14.6 Å². The van der Waals surface area contributed by atoms with Gasteiger partial charge in [-0.1, -0.05) is 18.2 Å². The number of rotatable bonds is 4. The van der Waals surface area contributed by atoms with Crippen molar-refractivity contribution >= 4 is 27.3 Å². The molecule has 1 aliphatic heterocycles. The molecule has 10 heteroatoms. The van der Waals surface area contributed by atoms with Crippen molar-refractivity contribution in [1.82, 2.24) is 5.32 Å². The lowest BCUT2D eigenvalue weighted by Gasteiger charge is -2.21. The summed E-state index contributed by atoms with van der Waals surface area (Å²) >= 11 is 0. The molecule has 3 aromatic rings. The maximum Gasteiger partial charge on any atom is 0.255 e. The first-order chi connectivity index (χ1) is 15.7. The van der Waals surface area contributed by atoms with Gasteiger partial charge in [0.1, 0.15) is 29.2 Å². The predicted octanol–water partition coefficient (Wildman–Crippen LogP) is 3.31. The number of carbonyl (C=O) groups is 2. The molecule has 0 spiro atoms. The zero-order valence-corrected chi connectivity index (χ0v) is 18.1. The molecule has 0 bridgehead atoms. The van der Waals surface area contributed by atoms with E-state index in [1.807, 2.05) is 0 Å². The molecule has 2 amide bonds. The topological polar surface area (TPSA) is 92.8 Å². The zero-order chi connectivity index (χ0) is 23.8. The molecular formula is C23H18F2N2O5S. The van der Waals surface area contributed by atoms with E-state index in [2.05, 4.69) is 5.32 Å². The first kappa shape index (κ1) is 22.4. The molecule has 7 nitrogen and oxygen atoms in total. The van der Waals surface area contributed by atoms with Gasteiger partial charge < -0.3 is 15.0 Å². The molecule has 1 N–H and O–H groups in total. The van der Waals surface area contributed by atoms with Crippen LogP contribution in [-0.4, -0.2) is 39.1 Å². The molecule has 0 fully saturated rings. The molecule has 0 saturated carbocycles. The summed E-state index contributed by atoms with van der Waals surface area (Å²) < 4.78 is 59.3. The SMILES string of the molecule is CN1C(=O)[C@@H](NC(=O)c2cc(Oc3ccccc3)ccc2F)CS(=O)(=O)c2ccc(F)cc21. The minimum Gasteiger partial charge on any atom is -0.457 e. The second kappa shape index (κ2) is 8.62. The molecule has 170 valence electrons. The average Bonchev–Trinajstić information content (AvgIpc) is 2.84. The fourth-order valence-electron chi connectivity index (χ4n) is 3.45. The Hall–Kier alpha value is -3.79. The Bertz CT molecular complexity index is 1350. The molecule has 3 aromatic carbocycles. The molecule has 1 heterocycles. The van der Waals surface area contributed by atoms with Gasteiger partial charge in [0.15, 0.2) is 9.84 Å². The summed E-state index contributed by atoms with van der Waals surface area (Å²) in [7, 11) is -2.79. The number of para-hydroxylation sites is 1. The Balaban J connectivity index is 1.61. The third-order valence-electron chi connectivity index (χ3n) is 5.10. The van der Waals surface area contributed by atoms with E-state index in [9.17, 15) is 26.8 Å². The number of benzene rings is 3. The lowest BCUT2D eigenvalue weighted by atomic mass is 10.1. The van der Waals surface area contributed by atoms with Crippen LogP contribution in [0.15, 0.2) is 71.6 Å². The van der Waals surface area contributed by atoms with Crippen molar-refractivity contribution < 1.29 is 31.5 Å². The van der Waals surface area contributed by atoms with Gasteiger partial charge in [-0.2, -0.15) is 0 Å². The van der Waals surface area contributed by atoms with Crippen LogP contribution in [0.2, 0.25) is 0 Å². The molecule has 0 aromatic heterocycles. The molecule has 0 saturated heterocycles. The summed E-state index contributed by atoms with van der Waals surface area (Å²) in [5.41, 5.74) is -0.565. The fourth-order valence-corrected chi connectivity index (χ4v) is 5.09. The smallest absolute Gasteiger partial charge is 0.255 e. The summed E-state index contributed by atoms with van der Waals surface area (Å²) in [6.45, 7) is 0. The van der Waals surface area contributed by atoms with Gasteiger partial charge in [0.05, 0.1) is 21.9 Å². The highest BCUT2D eigenvalue weighted by Gasteiger charge is 2.37. The summed E-state index contributed by atoms with van der Waals surface area (Å²) in [6, 6.07) is 13.6. The van der Waals surface area contributed by atoms with E-state index in [-0.39, 0.29) is 16.3 Å². The third-order valence-corrected chi connectivity index (χ3v) is 6.89. The number of hydrogen-bond donors (Lipinski definition) is 1. The first-order valence-electron chi connectivity index (χ1n) is 9.79. The van der Waals surface area contributed by atoms with Crippen LogP contribution in [0, 0.1) is 11.6 Å². The third kappa shape index (κ3) is 4.56. The van der Waals surface area contributed by atoms with Crippen LogP contribution in [0.4, 0.5) is 14.5 Å². The van der Waals surface area contributed by atoms with E-state index < -0.39 is 50.6 Å². The highest BCUT2D eigenvalue weighted by Crippen LogP contribution is 2.30. The minimum absolute atomic E-state index is 0.138. The maximum absolute atomic E-state index is 14.4. The van der Waals surface area contributed by atoms with Crippen molar-refractivity contribution in [3.8, 4) is 11.5 Å². The van der Waals surface area contributed by atoms with Gasteiger partial charge in [0, 0.05) is 7.05 Å². The van der Waals surface area contributed by atoms with Gasteiger partial charge in [-0.3, -0.25) is 9.59 Å². The standard InChI is InChI=1S/C23H18F2N2O5S/c1-27-20-11-14(24)7-10-21(20)33(30,31)13-19(23(27)29)26-22(28)17-12-16(8-9-18(17)25)32-15-5-3-2-4-6-15/h2-12,19H,13H2,1H3,(H,26,28)/t19-/m0/s1. The Kier molecular flexibility index (Phi) is 5.86. The first-order valence-corrected chi connectivity index (χ1v) is 11.4. The Morgan fingerprint density at radius 2 is 1.76 bits per heavy atom. The van der Waals surface area contributed by atoms with E-state index in [0.29, 0.717) is 5.75 Å². The van der Waals surface area contributed by atoms with Crippen molar-refractivity contribution in [2.24, 2.45) is 0 Å². The Morgan fingerprint density at radius 1 is 1.03 bits per heavy atom. The number of amides is 2. The number of nitrogens with one attached hydrogen (secondary N) is 1. The quantitative estimate of drug-likeness (QED) is 0.589. The van der Waals surface area contributed by atoms with Crippen LogP contribution >= 0.6 is 0 Å². The van der Waals surface area contributed by atoms with E-state index in [1.54, 1.807) is 30.3 Å². The van der Waals surface area contributed by atoms with Crippen LogP contribution in [0.1, 0.15) is 10.4 Å². The van der Waals surface area contributed by atoms with Crippen molar-refractivity contribution in [2.75, 3.05) is 17.7 Å². The number of halogens is 2. The lowest BCUT2D eigenvalue weighted by molar-refractivity contribution is -0.119. The summed E-state index contributed by atoms with van der Waals surface area (Å²) in [5, 5.41) is 2.29. The largest absolute Gasteiger partial charge is 0.457 e. The molecule has 4 rings (SSSR count). The van der Waals surface area contributed by atoms with Gasteiger partial charge in [-0.25, -0.2) is 17.2 Å². The van der Waals surface area contributed by atoms with Crippen molar-refractivity contribution in [1.29, 1.82) is 0 Å². The van der Waals surface area contributed by atoms with Gasteiger partial charge in [-0.05, 0) is 48.5 Å². The van der Waals surface area contributed by atoms with Gasteiger partial charge >= 0.3 is 0 Å². The molecule has 33 heavy (non-hydrogen) atoms. The maximum atomic E-state index is 14.4. The summed E-state index contributed by atoms with van der Waals surface area (Å²) in [4.78, 5) is 26.4. The number of fused-ring (bicyclic) bond motifs is 1. The fraction of sp³-hybridized carbons (Fsp3) is 0.130. The zero-order valence-electron chi connectivity index (χ0n) is 17.3. The van der Waals surface area contributed by atoms with Crippen LogP contribution in [0.25, 0.3) is 0 Å². The van der Waals surface area contributed by atoms with Crippen molar-refractivity contribution in [3.63, 3.8) is 0 Å². The summed E-state index contributed by atoms with van der Waals surface area (Å²) in [6.07, 6.45) is 0. The number of hydrogen-bond acceptors (Lipinski definition) is 5. The van der Waals surface area contributed by atoms with E-state index >= 15 is 0 Å². The molecule has 0 unspecified atom stereocenters. The average molecular weight is 472 g/mol. The predicted molar refractivity (Wildman–Crippen MR) is 116 cm³/mol. The molecule has 1 atom stereocenters. The van der Waals surface area contributed by atoms with Gasteiger partial charge in [-0.15, -0.1) is 0 Å². The molecule has 0 radical (unpaired) electrons. The van der Waals surface area contributed by atoms with Crippen molar-refractivity contribution in [3.05, 3.63) is 83.9 Å². The van der Waals surface area contributed by atoms with Crippen LogP contribution in [0.5, 0.6) is 11.5 Å². The van der Waals surface area contributed by atoms with Gasteiger partial charge in [0.25, 0.3) is 5.91 Å². The number of carbonyl (C=O) groups excluding carboxylic acids is 2. The minimum atomic E-state index is -4.06. The molecular weight excluding hydrogens is 454 g/mol. The van der Waals surface area contributed by atoms with Crippen LogP contribution < -0.4 is 15.0 Å². The van der Waals surface area contributed by atoms with Crippen LogP contribution in [0.3, 0.4) is 0 Å². The Morgan fingerprint density at radius 3 is 2.48 bits per heavy atom. The molecule has 1 aliphatic rings. The van der Waals surface area contributed by atoms with Crippen molar-refractivity contribution in [2.45, 2.75) is 10.9 Å². The number of likely N-dealkylation sites (N-methyl/N-ethyl adjacent to an activating group) is 1. The Labute approximate surface area is 188 Å². The number of nitrogens with zero attached hydrogens (tertiary/aromatic N) is 1. The summed E-state index contributed by atoms with van der Waals surface area (Å²) in [5.74, 6) is -3.50. The van der Waals surface area contributed by atoms with Gasteiger partial charge in [0.2, 0.25) is 5.91 Å². The highest BCUT2D eigenvalue weighted by molar-refractivity contribution is 7.91. The van der Waals surface area contributed by atoms with E-state index in [0.717, 1.165) is 35.2 Å². The molecule has 0 aliphatic carbocycles. The number of anilines is 1. The highest BCUT2D eigenvalue weighted by atomic mass is 32.2. The van der Waals surface area contributed by atoms with E-state index in [1.165, 1.54) is 13.1 Å². The second-order valence-electron chi connectivity index (χ2n) is 7.37.